The predicted molar refractivity (Wildman–Crippen MR) is 52.1 cm³/mol. The van der Waals surface area contributed by atoms with Crippen LogP contribution in [0.25, 0.3) is 0 Å². The molecule has 72 valence electrons. The second-order valence-corrected chi connectivity index (χ2v) is 3.47. The molecule has 0 spiro atoms. The first-order chi connectivity index (χ1) is 6.29. The number of ether oxygens (including phenoxy) is 1. The molecule has 3 nitrogen and oxygen atoms in total. The first-order valence-electron chi connectivity index (χ1n) is 4.39. The van der Waals surface area contributed by atoms with Crippen LogP contribution in [0.5, 0.6) is 0 Å². The van der Waals surface area contributed by atoms with Crippen molar-refractivity contribution in [2.24, 2.45) is 0 Å². The lowest BCUT2D eigenvalue weighted by Gasteiger charge is -2.01. The van der Waals surface area contributed by atoms with Gasteiger partial charge in [-0.2, -0.15) is 0 Å². The number of carbonyl (C=O) groups excluding carboxylic acids is 1. The van der Waals surface area contributed by atoms with Gasteiger partial charge in [-0.1, -0.05) is 13.8 Å². The van der Waals surface area contributed by atoms with Crippen LogP contribution in [0.3, 0.4) is 0 Å². The molecule has 1 rings (SSSR count). The third-order valence-electron chi connectivity index (χ3n) is 1.60. The average Bonchev–Trinajstić information content (AvgIpc) is 2.61. The molecule has 0 aromatic carbocycles. The van der Waals surface area contributed by atoms with Crippen LogP contribution < -0.4 is 0 Å². The van der Waals surface area contributed by atoms with Crippen molar-refractivity contribution >= 4 is 17.3 Å². The molecule has 4 heteroatoms. The van der Waals surface area contributed by atoms with Crippen molar-refractivity contribution in [3.05, 3.63) is 16.1 Å². The summed E-state index contributed by atoms with van der Waals surface area (Å²) < 4.78 is 5.01. The van der Waals surface area contributed by atoms with Crippen LogP contribution in [0.4, 0.5) is 0 Å². The van der Waals surface area contributed by atoms with E-state index in [4.69, 9.17) is 4.74 Å². The molecule has 0 atom stereocenters. The van der Waals surface area contributed by atoms with E-state index in [9.17, 15) is 4.79 Å². The molecule has 0 aliphatic rings. The van der Waals surface area contributed by atoms with E-state index >= 15 is 0 Å². The molecule has 1 heterocycles. The van der Waals surface area contributed by atoms with Gasteiger partial charge in [0.2, 0.25) is 0 Å². The van der Waals surface area contributed by atoms with Crippen LogP contribution in [0.2, 0.25) is 0 Å². The average molecular weight is 199 g/mol. The number of esters is 1. The largest absolute Gasteiger partial charge is 0.461 e. The van der Waals surface area contributed by atoms with E-state index in [0.29, 0.717) is 11.5 Å². The van der Waals surface area contributed by atoms with Crippen LogP contribution >= 0.6 is 11.3 Å². The van der Waals surface area contributed by atoms with Gasteiger partial charge in [0.1, 0.15) is 4.88 Å². The van der Waals surface area contributed by atoms with Crippen molar-refractivity contribution < 1.29 is 9.53 Å². The minimum absolute atomic E-state index is 0.235. The Morgan fingerprint density at radius 1 is 1.62 bits per heavy atom. The van der Waals surface area contributed by atoms with Gasteiger partial charge < -0.3 is 4.74 Å². The van der Waals surface area contributed by atoms with E-state index in [1.54, 1.807) is 5.51 Å². The van der Waals surface area contributed by atoms with Gasteiger partial charge in [-0.15, -0.1) is 11.3 Å². The Labute approximate surface area is 81.8 Å². The van der Waals surface area contributed by atoms with Crippen molar-refractivity contribution in [2.75, 3.05) is 6.61 Å². The third kappa shape index (κ3) is 2.52. The predicted octanol–water partition coefficient (Wildman–Crippen LogP) is 2.27. The van der Waals surface area contributed by atoms with Gasteiger partial charge >= 0.3 is 5.97 Å². The molecule has 0 aliphatic carbocycles. The number of rotatable bonds is 4. The molecule has 0 aliphatic heterocycles. The van der Waals surface area contributed by atoms with Crippen LogP contribution in [0.15, 0.2) is 5.51 Å². The summed E-state index contributed by atoms with van der Waals surface area (Å²) in [7, 11) is 0. The van der Waals surface area contributed by atoms with Gasteiger partial charge in [0.25, 0.3) is 0 Å². The number of hydrogen-bond donors (Lipinski definition) is 0. The zero-order valence-electron chi connectivity index (χ0n) is 7.87. The Kier molecular flexibility index (Phi) is 3.89. The smallest absolute Gasteiger partial charge is 0.350 e. The summed E-state index contributed by atoms with van der Waals surface area (Å²) >= 11 is 1.35. The Balaban J connectivity index is 2.65. The van der Waals surface area contributed by atoms with Gasteiger partial charge in [0, 0.05) is 0 Å². The molecule has 1 aromatic heterocycles. The summed E-state index contributed by atoms with van der Waals surface area (Å²) in [6, 6.07) is 0. The fourth-order valence-electron chi connectivity index (χ4n) is 0.947. The Morgan fingerprint density at radius 3 is 3.00 bits per heavy atom. The second-order valence-electron chi connectivity index (χ2n) is 2.62. The van der Waals surface area contributed by atoms with Gasteiger partial charge in [0.05, 0.1) is 17.8 Å². The Morgan fingerprint density at radius 2 is 2.38 bits per heavy atom. The Hall–Kier alpha value is -0.900. The standard InChI is InChI=1S/C9H13NO2S/c1-3-5-12-9(11)8-7(4-2)10-6-13-8/h6H,3-5H2,1-2H3. The number of aromatic nitrogens is 1. The van der Waals surface area contributed by atoms with Crippen LogP contribution in [-0.4, -0.2) is 17.6 Å². The number of carbonyl (C=O) groups is 1. The molecule has 0 saturated heterocycles. The van der Waals surface area contributed by atoms with Crippen molar-refractivity contribution in [3.8, 4) is 0 Å². The molecule has 0 radical (unpaired) electrons. The second kappa shape index (κ2) is 4.97. The van der Waals surface area contributed by atoms with E-state index in [-0.39, 0.29) is 5.97 Å². The maximum absolute atomic E-state index is 11.4. The summed E-state index contributed by atoms with van der Waals surface area (Å²) in [6.45, 7) is 4.44. The quantitative estimate of drug-likeness (QED) is 0.698. The molecule has 0 N–H and O–H groups in total. The van der Waals surface area contributed by atoms with E-state index in [0.717, 1.165) is 18.5 Å². The maximum Gasteiger partial charge on any atom is 0.350 e. The highest BCUT2D eigenvalue weighted by atomic mass is 32.1. The van der Waals surface area contributed by atoms with Crippen LogP contribution in [0.1, 0.15) is 35.6 Å². The minimum Gasteiger partial charge on any atom is -0.461 e. The van der Waals surface area contributed by atoms with Gasteiger partial charge in [0.15, 0.2) is 0 Å². The minimum atomic E-state index is -0.235. The number of hydrogen-bond acceptors (Lipinski definition) is 4. The van der Waals surface area contributed by atoms with Crippen molar-refractivity contribution in [2.45, 2.75) is 26.7 Å². The fraction of sp³-hybridized carbons (Fsp3) is 0.556. The number of aryl methyl sites for hydroxylation is 1. The molecule has 0 amide bonds. The van der Waals surface area contributed by atoms with Gasteiger partial charge in [-0.3, -0.25) is 0 Å². The first-order valence-corrected chi connectivity index (χ1v) is 5.27. The lowest BCUT2D eigenvalue weighted by Crippen LogP contribution is -2.06. The monoisotopic (exact) mass is 199 g/mol. The molecular weight excluding hydrogens is 186 g/mol. The van der Waals surface area contributed by atoms with E-state index in [2.05, 4.69) is 4.98 Å². The third-order valence-corrected chi connectivity index (χ3v) is 2.45. The molecular formula is C9H13NO2S. The number of nitrogens with zero attached hydrogens (tertiary/aromatic N) is 1. The Bertz CT molecular complexity index is 283. The van der Waals surface area contributed by atoms with E-state index < -0.39 is 0 Å². The zero-order valence-corrected chi connectivity index (χ0v) is 8.69. The molecule has 0 unspecified atom stereocenters. The van der Waals surface area contributed by atoms with Crippen molar-refractivity contribution in [1.82, 2.24) is 4.98 Å². The zero-order chi connectivity index (χ0) is 9.68. The van der Waals surface area contributed by atoms with Crippen LogP contribution in [-0.2, 0) is 11.2 Å². The molecule has 1 aromatic rings. The molecule has 13 heavy (non-hydrogen) atoms. The van der Waals surface area contributed by atoms with Crippen molar-refractivity contribution in [1.29, 1.82) is 0 Å². The fourth-order valence-corrected chi connectivity index (χ4v) is 1.72. The highest BCUT2D eigenvalue weighted by molar-refractivity contribution is 7.11. The summed E-state index contributed by atoms with van der Waals surface area (Å²) in [6.07, 6.45) is 1.63. The molecule has 0 fully saturated rings. The summed E-state index contributed by atoms with van der Waals surface area (Å²) in [5, 5.41) is 0. The van der Waals surface area contributed by atoms with Crippen molar-refractivity contribution in [3.63, 3.8) is 0 Å². The SMILES string of the molecule is CCCOC(=O)c1scnc1CC. The summed E-state index contributed by atoms with van der Waals surface area (Å²) in [5.74, 6) is -0.235. The first kappa shape index (κ1) is 10.2. The van der Waals surface area contributed by atoms with Gasteiger partial charge in [-0.25, -0.2) is 9.78 Å². The lowest BCUT2D eigenvalue weighted by atomic mass is 10.3. The molecule has 0 saturated carbocycles. The van der Waals surface area contributed by atoms with E-state index in [1.807, 2.05) is 13.8 Å². The maximum atomic E-state index is 11.4. The summed E-state index contributed by atoms with van der Waals surface area (Å²) in [5.41, 5.74) is 2.52. The normalized spacial score (nSPS) is 10.0. The topological polar surface area (TPSA) is 39.2 Å². The van der Waals surface area contributed by atoms with E-state index in [1.165, 1.54) is 11.3 Å². The summed E-state index contributed by atoms with van der Waals surface area (Å²) in [4.78, 5) is 16.1. The molecule has 0 bridgehead atoms. The number of thiazole rings is 1. The highest BCUT2D eigenvalue weighted by Crippen LogP contribution is 2.15. The van der Waals surface area contributed by atoms with Crippen LogP contribution in [0, 0.1) is 0 Å². The lowest BCUT2D eigenvalue weighted by molar-refractivity contribution is 0.0509. The highest BCUT2D eigenvalue weighted by Gasteiger charge is 2.13. The van der Waals surface area contributed by atoms with Gasteiger partial charge in [-0.05, 0) is 12.8 Å².